The van der Waals surface area contributed by atoms with Crippen LogP contribution in [0.1, 0.15) is 35.2 Å². The number of methoxy groups -OCH3 is 1. The molecule has 0 spiro atoms. The molecule has 136 valence electrons. The van der Waals surface area contributed by atoms with Crippen LogP contribution in [0.4, 0.5) is 0 Å². The molecule has 3 aromatic rings. The molecule has 2 aliphatic carbocycles. The third-order valence-corrected chi connectivity index (χ3v) is 6.88. The van der Waals surface area contributed by atoms with E-state index in [0.29, 0.717) is 5.25 Å². The SMILES string of the molecule is COc1cccc2c1CCC1Sc3nnc(-c4n[nH]c5c4CCC5)n3N=C21. The van der Waals surface area contributed by atoms with Crippen LogP contribution < -0.4 is 4.74 Å². The third-order valence-electron chi connectivity index (χ3n) is 5.68. The average Bonchev–Trinajstić information content (AvgIpc) is 3.41. The number of aryl methyl sites for hydroxylation is 1. The zero-order chi connectivity index (χ0) is 18.0. The van der Waals surface area contributed by atoms with Crippen LogP contribution in [0.15, 0.2) is 28.5 Å². The van der Waals surface area contributed by atoms with E-state index < -0.39 is 0 Å². The Hall–Kier alpha value is -2.61. The number of nitrogens with one attached hydrogen (secondary N) is 1. The largest absolute Gasteiger partial charge is 0.496 e. The van der Waals surface area contributed by atoms with E-state index in [4.69, 9.17) is 9.84 Å². The van der Waals surface area contributed by atoms with Crippen molar-refractivity contribution >= 4 is 17.5 Å². The summed E-state index contributed by atoms with van der Waals surface area (Å²) in [6, 6.07) is 6.21. The minimum atomic E-state index is 0.305. The van der Waals surface area contributed by atoms with Crippen molar-refractivity contribution < 1.29 is 4.74 Å². The fourth-order valence-corrected chi connectivity index (χ4v) is 5.48. The van der Waals surface area contributed by atoms with E-state index in [2.05, 4.69) is 26.5 Å². The van der Waals surface area contributed by atoms with Crippen LogP contribution in [-0.2, 0) is 19.3 Å². The van der Waals surface area contributed by atoms with Crippen LogP contribution in [0.2, 0.25) is 0 Å². The Bertz CT molecular complexity index is 1100. The smallest absolute Gasteiger partial charge is 0.213 e. The van der Waals surface area contributed by atoms with Gasteiger partial charge >= 0.3 is 0 Å². The molecule has 1 aliphatic heterocycles. The second-order valence-corrected chi connectivity index (χ2v) is 8.29. The lowest BCUT2D eigenvalue weighted by Crippen LogP contribution is -2.30. The number of thioether (sulfide) groups is 1. The molecule has 0 fully saturated rings. The standard InChI is InChI=1S/C19H18N6OS/c1-26-14-7-3-4-11-10(14)8-9-15-16(11)24-25-18(22-23-19(25)27-15)17-12-5-2-6-13(12)20-21-17/h3-4,7,15H,2,5-6,8-9H2,1H3,(H,20,21). The highest BCUT2D eigenvalue weighted by Gasteiger charge is 2.35. The molecule has 0 saturated heterocycles. The van der Waals surface area contributed by atoms with Gasteiger partial charge in [-0.2, -0.15) is 14.9 Å². The summed E-state index contributed by atoms with van der Waals surface area (Å²) in [4.78, 5) is 0. The quantitative estimate of drug-likeness (QED) is 0.742. The highest BCUT2D eigenvalue weighted by atomic mass is 32.2. The Morgan fingerprint density at radius 3 is 3.07 bits per heavy atom. The van der Waals surface area contributed by atoms with E-state index >= 15 is 0 Å². The maximum absolute atomic E-state index is 5.57. The van der Waals surface area contributed by atoms with Gasteiger partial charge in [0.25, 0.3) is 0 Å². The molecule has 0 radical (unpaired) electrons. The zero-order valence-corrected chi connectivity index (χ0v) is 15.7. The van der Waals surface area contributed by atoms with Crippen molar-refractivity contribution in [3.05, 3.63) is 40.6 Å². The number of hydrogen-bond donors (Lipinski definition) is 1. The highest BCUT2D eigenvalue weighted by Crippen LogP contribution is 2.41. The van der Waals surface area contributed by atoms with E-state index in [-0.39, 0.29) is 0 Å². The fourth-order valence-electron chi connectivity index (χ4n) is 4.39. The van der Waals surface area contributed by atoms with Crippen molar-refractivity contribution in [2.45, 2.75) is 42.5 Å². The van der Waals surface area contributed by atoms with Gasteiger partial charge in [0.05, 0.1) is 18.1 Å². The van der Waals surface area contributed by atoms with Gasteiger partial charge < -0.3 is 4.74 Å². The van der Waals surface area contributed by atoms with Gasteiger partial charge in [0.15, 0.2) is 0 Å². The third kappa shape index (κ3) is 2.16. The van der Waals surface area contributed by atoms with Gasteiger partial charge in [-0.1, -0.05) is 23.9 Å². The molecule has 0 saturated carbocycles. The minimum absolute atomic E-state index is 0.305. The molecule has 8 heteroatoms. The van der Waals surface area contributed by atoms with Crippen molar-refractivity contribution in [2.24, 2.45) is 5.10 Å². The zero-order valence-electron chi connectivity index (χ0n) is 14.9. The summed E-state index contributed by atoms with van der Waals surface area (Å²) in [5.41, 5.74) is 6.89. The normalized spacial score (nSPS) is 19.7. The second-order valence-electron chi connectivity index (χ2n) is 7.12. The van der Waals surface area contributed by atoms with Crippen molar-refractivity contribution in [2.75, 3.05) is 7.11 Å². The van der Waals surface area contributed by atoms with Crippen LogP contribution >= 0.6 is 11.8 Å². The lowest BCUT2D eigenvalue weighted by Gasteiger charge is -2.29. The molecule has 1 atom stereocenters. The van der Waals surface area contributed by atoms with Gasteiger partial charge in [0.1, 0.15) is 11.4 Å². The summed E-state index contributed by atoms with van der Waals surface area (Å²) < 4.78 is 7.45. The number of benzene rings is 1. The molecule has 6 rings (SSSR count). The number of rotatable bonds is 2. The van der Waals surface area contributed by atoms with Gasteiger partial charge in [-0.25, -0.2) is 0 Å². The molecule has 3 heterocycles. The van der Waals surface area contributed by atoms with Crippen molar-refractivity contribution in [3.8, 4) is 17.3 Å². The summed E-state index contributed by atoms with van der Waals surface area (Å²) in [5.74, 6) is 1.68. The Morgan fingerprint density at radius 1 is 1.19 bits per heavy atom. The summed E-state index contributed by atoms with van der Waals surface area (Å²) in [5, 5.41) is 22.7. The maximum Gasteiger partial charge on any atom is 0.213 e. The van der Waals surface area contributed by atoms with Crippen LogP contribution in [-0.4, -0.2) is 43.1 Å². The van der Waals surface area contributed by atoms with Gasteiger partial charge in [0.2, 0.25) is 11.0 Å². The molecule has 0 bridgehead atoms. The number of H-pyrrole nitrogens is 1. The first-order chi connectivity index (χ1) is 13.3. The number of ether oxygens (including phenoxy) is 1. The predicted octanol–water partition coefficient (Wildman–Crippen LogP) is 2.84. The van der Waals surface area contributed by atoms with E-state index in [1.807, 2.05) is 16.8 Å². The monoisotopic (exact) mass is 378 g/mol. The van der Waals surface area contributed by atoms with E-state index in [9.17, 15) is 0 Å². The van der Waals surface area contributed by atoms with Crippen LogP contribution in [0.25, 0.3) is 11.5 Å². The molecule has 3 aliphatic rings. The highest BCUT2D eigenvalue weighted by molar-refractivity contribution is 8.00. The molecule has 27 heavy (non-hydrogen) atoms. The summed E-state index contributed by atoms with van der Waals surface area (Å²) in [7, 11) is 1.73. The maximum atomic E-state index is 5.57. The first-order valence-corrected chi connectivity index (χ1v) is 10.1. The van der Waals surface area contributed by atoms with Crippen LogP contribution in [0, 0.1) is 0 Å². The van der Waals surface area contributed by atoms with Crippen molar-refractivity contribution in [3.63, 3.8) is 0 Å². The minimum Gasteiger partial charge on any atom is -0.496 e. The summed E-state index contributed by atoms with van der Waals surface area (Å²) in [6.07, 6.45) is 5.27. The van der Waals surface area contributed by atoms with Gasteiger partial charge in [-0.3, -0.25) is 5.10 Å². The van der Waals surface area contributed by atoms with Gasteiger partial charge in [-0.05, 0) is 38.2 Å². The van der Waals surface area contributed by atoms with E-state index in [1.54, 1.807) is 18.9 Å². The molecular formula is C19H18N6OS. The number of aromatic nitrogens is 5. The Kier molecular flexibility index (Phi) is 3.26. The van der Waals surface area contributed by atoms with Crippen molar-refractivity contribution in [1.82, 2.24) is 25.1 Å². The Morgan fingerprint density at radius 2 is 2.15 bits per heavy atom. The Labute approximate surface area is 160 Å². The first kappa shape index (κ1) is 15.4. The molecule has 1 unspecified atom stereocenters. The average molecular weight is 378 g/mol. The van der Waals surface area contributed by atoms with Gasteiger partial charge in [-0.15, -0.1) is 10.2 Å². The topological polar surface area (TPSA) is 81.0 Å². The lowest BCUT2D eigenvalue weighted by molar-refractivity contribution is 0.408. The molecular weight excluding hydrogens is 360 g/mol. The van der Waals surface area contributed by atoms with E-state index in [0.717, 1.165) is 60.2 Å². The number of fused-ring (bicyclic) bond motifs is 5. The molecule has 2 aromatic heterocycles. The van der Waals surface area contributed by atoms with Gasteiger partial charge in [0, 0.05) is 22.4 Å². The first-order valence-electron chi connectivity index (χ1n) is 9.27. The van der Waals surface area contributed by atoms with Crippen molar-refractivity contribution in [1.29, 1.82) is 0 Å². The molecule has 0 amide bonds. The number of nitrogens with zero attached hydrogens (tertiary/aromatic N) is 5. The second kappa shape index (κ2) is 5.69. The lowest BCUT2D eigenvalue weighted by atomic mass is 9.89. The predicted molar refractivity (Wildman–Crippen MR) is 103 cm³/mol. The summed E-state index contributed by atoms with van der Waals surface area (Å²) in [6.45, 7) is 0. The fraction of sp³-hybridized carbons (Fsp3) is 0.368. The molecule has 1 aromatic carbocycles. The van der Waals surface area contributed by atoms with E-state index in [1.165, 1.54) is 22.4 Å². The van der Waals surface area contributed by atoms with Crippen LogP contribution in [0.5, 0.6) is 5.75 Å². The van der Waals surface area contributed by atoms with Crippen LogP contribution in [0.3, 0.4) is 0 Å². The Balaban J connectivity index is 1.51. The molecule has 7 nitrogen and oxygen atoms in total. The summed E-state index contributed by atoms with van der Waals surface area (Å²) >= 11 is 1.75. The molecule has 1 N–H and O–H groups in total. The number of hydrogen-bond acceptors (Lipinski definition) is 6. The number of aromatic amines is 1.